The summed E-state index contributed by atoms with van der Waals surface area (Å²) in [5, 5.41) is 8.77. The highest BCUT2D eigenvalue weighted by Crippen LogP contribution is 2.26. The number of thiazole rings is 1. The lowest BCUT2D eigenvalue weighted by Crippen LogP contribution is -2.30. The topological polar surface area (TPSA) is 104 Å². The smallest absolute Gasteiger partial charge is 0.312 e. The summed E-state index contributed by atoms with van der Waals surface area (Å²) >= 11 is 1.43. The number of carbonyl (C=O) groups excluding carboxylic acids is 2. The molecule has 0 aliphatic carbocycles. The van der Waals surface area contributed by atoms with Crippen LogP contribution in [0.2, 0.25) is 0 Å². The molecular weight excluding hydrogens is 382 g/mol. The number of nitrogens with one attached hydrogen (secondary N) is 1. The Labute approximate surface area is 165 Å². The fourth-order valence-corrected chi connectivity index (χ4v) is 3.17. The normalized spacial score (nSPS) is 11.7. The summed E-state index contributed by atoms with van der Waals surface area (Å²) in [4.78, 5) is 28.6. The lowest BCUT2D eigenvalue weighted by atomic mass is 10.2. The van der Waals surface area contributed by atoms with Gasteiger partial charge in [-0.2, -0.15) is 0 Å². The van der Waals surface area contributed by atoms with Crippen LogP contribution in [-0.2, 0) is 20.7 Å². The molecule has 1 aromatic carbocycles. The maximum absolute atomic E-state index is 12.1. The molecule has 0 saturated carbocycles. The van der Waals surface area contributed by atoms with Crippen LogP contribution in [0.25, 0.3) is 10.6 Å². The van der Waals surface area contributed by atoms with Gasteiger partial charge in [-0.05, 0) is 38.1 Å². The fraction of sp³-hybridized carbons (Fsp3) is 0.263. The Bertz CT molecular complexity index is 964. The van der Waals surface area contributed by atoms with Crippen molar-refractivity contribution in [2.24, 2.45) is 0 Å². The van der Waals surface area contributed by atoms with Crippen molar-refractivity contribution >= 4 is 29.0 Å². The van der Waals surface area contributed by atoms with Crippen LogP contribution in [-0.4, -0.2) is 35.2 Å². The number of hydrogen-bond donors (Lipinski definition) is 1. The number of hydrogen-bond acceptors (Lipinski definition) is 8. The molecule has 1 amide bonds. The molecule has 0 aliphatic rings. The van der Waals surface area contributed by atoms with Gasteiger partial charge >= 0.3 is 5.97 Å². The zero-order valence-electron chi connectivity index (χ0n) is 15.6. The first-order chi connectivity index (χ1) is 13.4. The van der Waals surface area contributed by atoms with E-state index in [2.05, 4.69) is 15.5 Å². The molecule has 0 bridgehead atoms. The minimum absolute atomic E-state index is 0.0205. The van der Waals surface area contributed by atoms with Crippen molar-refractivity contribution < 1.29 is 23.6 Å². The Morgan fingerprint density at radius 1 is 1.29 bits per heavy atom. The van der Waals surface area contributed by atoms with Gasteiger partial charge in [0.15, 0.2) is 11.9 Å². The first kappa shape index (κ1) is 19.6. The number of nitrogens with zero attached hydrogens (tertiary/aromatic N) is 2. The molecule has 0 aliphatic heterocycles. The molecule has 3 rings (SSSR count). The highest BCUT2D eigenvalue weighted by Gasteiger charge is 2.20. The summed E-state index contributed by atoms with van der Waals surface area (Å²) in [6.45, 7) is 3.20. The molecule has 1 N–H and O–H groups in total. The number of rotatable bonds is 7. The Morgan fingerprint density at radius 3 is 2.68 bits per heavy atom. The van der Waals surface area contributed by atoms with Gasteiger partial charge in [0.25, 0.3) is 5.91 Å². The lowest BCUT2D eigenvalue weighted by Gasteiger charge is -2.11. The Balaban J connectivity index is 1.54. The Hall–Kier alpha value is -3.20. The standard InChI is InChI=1S/C19H19N3O5S/c1-11-8-16(22-27-11)21-18(24)12(2)26-17(23)9-14-10-28-19(20-14)13-4-6-15(25-3)7-5-13/h4-8,10,12H,9H2,1-3H3,(H,21,22,24). The van der Waals surface area contributed by atoms with Crippen LogP contribution in [0.3, 0.4) is 0 Å². The second-order valence-corrected chi connectivity index (χ2v) is 6.85. The number of methoxy groups -OCH3 is 1. The molecule has 0 saturated heterocycles. The zero-order valence-corrected chi connectivity index (χ0v) is 16.4. The van der Waals surface area contributed by atoms with E-state index >= 15 is 0 Å². The second kappa shape index (κ2) is 8.66. The molecule has 3 aromatic rings. The number of esters is 1. The highest BCUT2D eigenvalue weighted by molar-refractivity contribution is 7.13. The van der Waals surface area contributed by atoms with Crippen molar-refractivity contribution in [3.05, 3.63) is 47.2 Å². The quantitative estimate of drug-likeness (QED) is 0.606. The summed E-state index contributed by atoms with van der Waals surface area (Å²) in [6.07, 6.45) is -0.989. The minimum Gasteiger partial charge on any atom is -0.497 e. The number of aryl methyl sites for hydroxylation is 1. The third-order valence-electron chi connectivity index (χ3n) is 3.77. The average Bonchev–Trinajstić information content (AvgIpc) is 3.30. The van der Waals surface area contributed by atoms with Crippen LogP contribution in [0.4, 0.5) is 5.82 Å². The second-order valence-electron chi connectivity index (χ2n) is 5.99. The monoisotopic (exact) mass is 401 g/mol. The first-order valence-corrected chi connectivity index (χ1v) is 9.35. The largest absolute Gasteiger partial charge is 0.497 e. The van der Waals surface area contributed by atoms with E-state index < -0.39 is 18.0 Å². The van der Waals surface area contributed by atoms with Crippen molar-refractivity contribution in [3.63, 3.8) is 0 Å². The van der Waals surface area contributed by atoms with E-state index in [1.165, 1.54) is 18.3 Å². The third-order valence-corrected chi connectivity index (χ3v) is 4.71. The number of anilines is 1. The van der Waals surface area contributed by atoms with Crippen LogP contribution in [0.5, 0.6) is 5.75 Å². The van der Waals surface area contributed by atoms with E-state index in [0.717, 1.165) is 16.3 Å². The summed E-state index contributed by atoms with van der Waals surface area (Å²) in [7, 11) is 1.61. The van der Waals surface area contributed by atoms with Crippen molar-refractivity contribution in [1.82, 2.24) is 10.1 Å². The van der Waals surface area contributed by atoms with Crippen LogP contribution in [0.15, 0.2) is 40.2 Å². The number of aromatic nitrogens is 2. The Morgan fingerprint density at radius 2 is 2.04 bits per heavy atom. The molecule has 9 heteroatoms. The van der Waals surface area contributed by atoms with Crippen LogP contribution in [0.1, 0.15) is 18.4 Å². The molecule has 146 valence electrons. The van der Waals surface area contributed by atoms with Gasteiger partial charge in [-0.15, -0.1) is 11.3 Å². The molecule has 8 nitrogen and oxygen atoms in total. The third kappa shape index (κ3) is 4.95. The van der Waals surface area contributed by atoms with E-state index in [0.29, 0.717) is 11.5 Å². The van der Waals surface area contributed by atoms with Crippen LogP contribution in [0, 0.1) is 6.92 Å². The SMILES string of the molecule is COc1ccc(-c2nc(CC(=O)OC(C)C(=O)Nc3cc(C)on3)cs2)cc1. The van der Waals surface area contributed by atoms with Gasteiger partial charge < -0.3 is 19.3 Å². The van der Waals surface area contributed by atoms with Crippen molar-refractivity contribution in [3.8, 4) is 16.3 Å². The molecule has 28 heavy (non-hydrogen) atoms. The van der Waals surface area contributed by atoms with Crippen molar-refractivity contribution in [2.75, 3.05) is 12.4 Å². The first-order valence-electron chi connectivity index (χ1n) is 8.47. The predicted octanol–water partition coefficient (Wildman–Crippen LogP) is 3.23. The van der Waals surface area contributed by atoms with Crippen molar-refractivity contribution in [1.29, 1.82) is 0 Å². The molecule has 1 atom stereocenters. The lowest BCUT2D eigenvalue weighted by molar-refractivity contribution is -0.152. The summed E-state index contributed by atoms with van der Waals surface area (Å²) < 4.78 is 15.2. The summed E-state index contributed by atoms with van der Waals surface area (Å²) in [5.41, 5.74) is 1.52. The van der Waals surface area contributed by atoms with E-state index in [-0.39, 0.29) is 12.2 Å². The van der Waals surface area contributed by atoms with Crippen LogP contribution < -0.4 is 10.1 Å². The molecular formula is C19H19N3O5S. The summed E-state index contributed by atoms with van der Waals surface area (Å²) in [6, 6.07) is 9.07. The van der Waals surface area contributed by atoms with E-state index in [1.54, 1.807) is 25.5 Å². The van der Waals surface area contributed by atoms with Crippen LogP contribution >= 0.6 is 11.3 Å². The van der Waals surface area contributed by atoms with E-state index in [4.69, 9.17) is 14.0 Å². The molecule has 0 radical (unpaired) electrons. The fourth-order valence-electron chi connectivity index (χ4n) is 2.35. The predicted molar refractivity (Wildman–Crippen MR) is 103 cm³/mol. The number of ether oxygens (including phenoxy) is 2. The maximum Gasteiger partial charge on any atom is 0.312 e. The van der Waals surface area contributed by atoms with Gasteiger partial charge in [-0.25, -0.2) is 4.98 Å². The average molecular weight is 401 g/mol. The van der Waals surface area contributed by atoms with Crippen molar-refractivity contribution in [2.45, 2.75) is 26.4 Å². The Kier molecular flexibility index (Phi) is 6.05. The highest BCUT2D eigenvalue weighted by atomic mass is 32.1. The summed E-state index contributed by atoms with van der Waals surface area (Å²) in [5.74, 6) is 0.576. The number of benzene rings is 1. The molecule has 2 aromatic heterocycles. The number of carbonyl (C=O) groups is 2. The molecule has 0 fully saturated rings. The van der Waals surface area contributed by atoms with Gasteiger partial charge in [0.2, 0.25) is 0 Å². The van der Waals surface area contributed by atoms with Gasteiger partial charge in [0.1, 0.15) is 16.5 Å². The van der Waals surface area contributed by atoms with Gasteiger partial charge in [-0.1, -0.05) is 5.16 Å². The zero-order chi connectivity index (χ0) is 20.1. The minimum atomic E-state index is -0.968. The van der Waals surface area contributed by atoms with E-state index in [1.807, 2.05) is 24.3 Å². The molecule has 0 spiro atoms. The number of amides is 1. The molecule has 1 unspecified atom stereocenters. The van der Waals surface area contributed by atoms with E-state index in [9.17, 15) is 9.59 Å². The van der Waals surface area contributed by atoms with Gasteiger partial charge in [-0.3, -0.25) is 9.59 Å². The molecule has 2 heterocycles. The maximum atomic E-state index is 12.1. The van der Waals surface area contributed by atoms with Gasteiger partial charge in [0, 0.05) is 17.0 Å². The van der Waals surface area contributed by atoms with Gasteiger partial charge in [0.05, 0.1) is 19.2 Å².